The lowest BCUT2D eigenvalue weighted by Gasteiger charge is -2.00. The van der Waals surface area contributed by atoms with Crippen LogP contribution in [0.4, 0.5) is 0 Å². The van der Waals surface area contributed by atoms with Gasteiger partial charge in [0, 0.05) is 12.7 Å². The van der Waals surface area contributed by atoms with Crippen molar-refractivity contribution in [2.75, 3.05) is 13.7 Å². The Morgan fingerprint density at radius 1 is 1.60 bits per heavy atom. The highest BCUT2D eigenvalue weighted by atomic mass is 16.5. The minimum atomic E-state index is -0.488. The number of rotatable bonds is 4. The topological polar surface area (TPSA) is 73.2 Å². The second-order valence-corrected chi connectivity index (χ2v) is 2.82. The third-order valence-electron chi connectivity index (χ3n) is 1.82. The predicted octanol–water partition coefficient (Wildman–Crippen LogP) is -0.194. The first kappa shape index (κ1) is 11.2. The van der Waals surface area contributed by atoms with Gasteiger partial charge in [-0.25, -0.2) is 0 Å². The third-order valence-corrected chi connectivity index (χ3v) is 1.82. The molecular formula is C9H13N3O3. The smallest absolute Gasteiger partial charge is 0.325 e. The van der Waals surface area contributed by atoms with Gasteiger partial charge in [0.05, 0.1) is 7.11 Å². The quantitative estimate of drug-likeness (QED) is 0.700. The van der Waals surface area contributed by atoms with E-state index in [0.717, 1.165) is 0 Å². The molecule has 0 radical (unpaired) electrons. The van der Waals surface area contributed by atoms with E-state index in [0.29, 0.717) is 12.2 Å². The first-order chi connectivity index (χ1) is 7.17. The number of ether oxygens (including phenoxy) is 1. The molecule has 1 rings (SSSR count). The largest absolute Gasteiger partial charge is 0.468 e. The van der Waals surface area contributed by atoms with E-state index in [2.05, 4.69) is 15.2 Å². The number of aromatic nitrogens is 2. The number of hydrogen-bond donors (Lipinski definition) is 1. The van der Waals surface area contributed by atoms with E-state index < -0.39 is 5.97 Å². The van der Waals surface area contributed by atoms with Gasteiger partial charge in [0.25, 0.3) is 5.91 Å². The molecule has 6 nitrogen and oxygen atoms in total. The highest BCUT2D eigenvalue weighted by Crippen LogP contribution is 1.95. The molecule has 0 saturated carbocycles. The zero-order chi connectivity index (χ0) is 11.3. The van der Waals surface area contributed by atoms with Gasteiger partial charge in [0.2, 0.25) is 0 Å². The monoisotopic (exact) mass is 211 g/mol. The van der Waals surface area contributed by atoms with Gasteiger partial charge in [-0.1, -0.05) is 0 Å². The van der Waals surface area contributed by atoms with Gasteiger partial charge in [-0.15, -0.1) is 0 Å². The van der Waals surface area contributed by atoms with E-state index >= 15 is 0 Å². The lowest BCUT2D eigenvalue weighted by molar-refractivity contribution is -0.139. The molecule has 15 heavy (non-hydrogen) atoms. The second kappa shape index (κ2) is 5.14. The fraction of sp³-hybridized carbons (Fsp3) is 0.444. The molecule has 6 heteroatoms. The molecular weight excluding hydrogens is 198 g/mol. The van der Waals surface area contributed by atoms with Crippen LogP contribution in [-0.2, 0) is 16.1 Å². The number of nitrogens with one attached hydrogen (secondary N) is 1. The van der Waals surface area contributed by atoms with Gasteiger partial charge >= 0.3 is 5.97 Å². The number of carbonyl (C=O) groups excluding carboxylic acids is 2. The van der Waals surface area contributed by atoms with E-state index in [9.17, 15) is 9.59 Å². The number of carbonyl (C=O) groups is 2. The number of nitrogens with zero attached hydrogens (tertiary/aromatic N) is 2. The first-order valence-corrected chi connectivity index (χ1v) is 4.55. The van der Waals surface area contributed by atoms with Crippen molar-refractivity contribution in [1.82, 2.24) is 15.1 Å². The maximum Gasteiger partial charge on any atom is 0.325 e. The van der Waals surface area contributed by atoms with Crippen LogP contribution in [0.1, 0.15) is 17.4 Å². The Morgan fingerprint density at radius 2 is 2.33 bits per heavy atom. The SMILES string of the molecule is CCn1ccc(C(=O)NCC(=O)OC)n1. The van der Waals surface area contributed by atoms with Crippen molar-refractivity contribution in [1.29, 1.82) is 0 Å². The van der Waals surface area contributed by atoms with E-state index in [1.54, 1.807) is 16.9 Å². The fourth-order valence-electron chi connectivity index (χ4n) is 0.974. The number of aryl methyl sites for hydroxylation is 1. The third kappa shape index (κ3) is 3.08. The van der Waals surface area contributed by atoms with Crippen molar-refractivity contribution < 1.29 is 14.3 Å². The van der Waals surface area contributed by atoms with Crippen molar-refractivity contribution in [3.05, 3.63) is 18.0 Å². The van der Waals surface area contributed by atoms with Crippen LogP contribution in [0, 0.1) is 0 Å². The van der Waals surface area contributed by atoms with E-state index in [4.69, 9.17) is 0 Å². The average molecular weight is 211 g/mol. The molecule has 0 aliphatic carbocycles. The Bertz CT molecular complexity index is 359. The van der Waals surface area contributed by atoms with Crippen LogP contribution in [0.15, 0.2) is 12.3 Å². The summed E-state index contributed by atoms with van der Waals surface area (Å²) in [5, 5.41) is 6.38. The van der Waals surface area contributed by atoms with Gasteiger partial charge in [0.15, 0.2) is 0 Å². The fourth-order valence-corrected chi connectivity index (χ4v) is 0.974. The lowest BCUT2D eigenvalue weighted by atomic mass is 10.4. The molecule has 0 fully saturated rings. The molecule has 0 aromatic carbocycles. The van der Waals surface area contributed by atoms with Gasteiger partial charge < -0.3 is 10.1 Å². The maximum atomic E-state index is 11.4. The summed E-state index contributed by atoms with van der Waals surface area (Å²) in [7, 11) is 1.26. The van der Waals surface area contributed by atoms with Crippen LogP contribution < -0.4 is 5.32 Å². The summed E-state index contributed by atoms with van der Waals surface area (Å²) in [6.07, 6.45) is 1.70. The van der Waals surface area contributed by atoms with E-state index in [1.807, 2.05) is 6.92 Å². The molecule has 1 N–H and O–H groups in total. The molecule has 0 aliphatic rings. The summed E-state index contributed by atoms with van der Waals surface area (Å²) in [6.45, 7) is 2.47. The molecule has 0 unspecified atom stereocenters. The van der Waals surface area contributed by atoms with Crippen molar-refractivity contribution in [3.63, 3.8) is 0 Å². The Balaban J connectivity index is 2.50. The zero-order valence-corrected chi connectivity index (χ0v) is 8.69. The summed E-state index contributed by atoms with van der Waals surface area (Å²) in [5.74, 6) is -0.870. The molecule has 1 aromatic heterocycles. The number of hydrogen-bond acceptors (Lipinski definition) is 4. The Labute approximate surface area is 87.2 Å². The summed E-state index contributed by atoms with van der Waals surface area (Å²) in [4.78, 5) is 22.1. The van der Waals surface area contributed by atoms with Crippen molar-refractivity contribution >= 4 is 11.9 Å². The molecule has 0 aliphatic heterocycles. The minimum Gasteiger partial charge on any atom is -0.468 e. The number of esters is 1. The Morgan fingerprint density at radius 3 is 2.87 bits per heavy atom. The molecule has 1 amide bonds. The summed E-state index contributed by atoms with van der Waals surface area (Å²) >= 11 is 0. The summed E-state index contributed by atoms with van der Waals surface area (Å²) < 4.78 is 6.02. The van der Waals surface area contributed by atoms with Gasteiger partial charge in [-0.3, -0.25) is 14.3 Å². The van der Waals surface area contributed by atoms with Crippen LogP contribution in [0.3, 0.4) is 0 Å². The molecule has 0 saturated heterocycles. The normalized spacial score (nSPS) is 9.73. The lowest BCUT2D eigenvalue weighted by Crippen LogP contribution is -2.30. The zero-order valence-electron chi connectivity index (χ0n) is 8.69. The molecule has 0 atom stereocenters. The summed E-state index contributed by atoms with van der Waals surface area (Å²) in [5.41, 5.74) is 0.292. The second-order valence-electron chi connectivity index (χ2n) is 2.82. The number of methoxy groups -OCH3 is 1. The van der Waals surface area contributed by atoms with E-state index in [1.165, 1.54) is 7.11 Å². The summed E-state index contributed by atoms with van der Waals surface area (Å²) in [6, 6.07) is 1.59. The van der Waals surface area contributed by atoms with Gasteiger partial charge in [0.1, 0.15) is 12.2 Å². The van der Waals surface area contributed by atoms with Crippen LogP contribution in [0.25, 0.3) is 0 Å². The maximum absolute atomic E-state index is 11.4. The number of amides is 1. The predicted molar refractivity (Wildman–Crippen MR) is 52.3 cm³/mol. The highest BCUT2D eigenvalue weighted by Gasteiger charge is 2.10. The highest BCUT2D eigenvalue weighted by molar-refractivity contribution is 5.94. The molecule has 0 spiro atoms. The Kier molecular flexibility index (Phi) is 3.84. The molecule has 0 bridgehead atoms. The van der Waals surface area contributed by atoms with Crippen LogP contribution in [0.2, 0.25) is 0 Å². The molecule has 1 heterocycles. The van der Waals surface area contributed by atoms with Gasteiger partial charge in [-0.2, -0.15) is 5.10 Å². The first-order valence-electron chi connectivity index (χ1n) is 4.55. The van der Waals surface area contributed by atoms with Crippen LogP contribution >= 0.6 is 0 Å². The molecule has 82 valence electrons. The molecule has 1 aromatic rings. The van der Waals surface area contributed by atoms with Crippen molar-refractivity contribution in [3.8, 4) is 0 Å². The van der Waals surface area contributed by atoms with Gasteiger partial charge in [-0.05, 0) is 13.0 Å². The van der Waals surface area contributed by atoms with E-state index in [-0.39, 0.29) is 12.5 Å². The standard InChI is InChI=1S/C9H13N3O3/c1-3-12-5-4-7(11-12)9(14)10-6-8(13)15-2/h4-5H,3,6H2,1-2H3,(H,10,14). The van der Waals surface area contributed by atoms with Crippen molar-refractivity contribution in [2.24, 2.45) is 0 Å². The average Bonchev–Trinajstić information content (AvgIpc) is 2.73. The Hall–Kier alpha value is -1.85. The van der Waals surface area contributed by atoms with Crippen molar-refractivity contribution in [2.45, 2.75) is 13.5 Å². The minimum absolute atomic E-state index is 0.145. The van der Waals surface area contributed by atoms with Crippen LogP contribution in [-0.4, -0.2) is 35.3 Å². The van der Waals surface area contributed by atoms with Crippen LogP contribution in [0.5, 0.6) is 0 Å².